The summed E-state index contributed by atoms with van der Waals surface area (Å²) in [6.45, 7) is 6.98. The van der Waals surface area contributed by atoms with E-state index in [1.165, 1.54) is 6.20 Å². The molecule has 1 heterocycles. The summed E-state index contributed by atoms with van der Waals surface area (Å²) >= 11 is 0. The van der Waals surface area contributed by atoms with Crippen LogP contribution in [-0.4, -0.2) is 37.8 Å². The molecule has 2 N–H and O–H groups in total. The van der Waals surface area contributed by atoms with E-state index in [0.29, 0.717) is 17.5 Å². The smallest absolute Gasteiger partial charge is 0.309 e. The highest BCUT2D eigenvalue weighted by Crippen LogP contribution is 2.30. The van der Waals surface area contributed by atoms with Gasteiger partial charge in [0.25, 0.3) is 0 Å². The monoisotopic (exact) mass is 417 g/mol. The van der Waals surface area contributed by atoms with Gasteiger partial charge in [0.05, 0.1) is 4.90 Å². The van der Waals surface area contributed by atoms with Gasteiger partial charge in [-0.1, -0.05) is 25.1 Å². The largest absolute Gasteiger partial charge is 0.346 e. The molecule has 0 saturated carbocycles. The lowest BCUT2D eigenvalue weighted by Crippen LogP contribution is -2.45. The van der Waals surface area contributed by atoms with E-state index in [-0.39, 0.29) is 17.5 Å². The molecule has 1 aromatic heterocycles. The van der Waals surface area contributed by atoms with Gasteiger partial charge in [-0.05, 0) is 56.0 Å². The highest BCUT2D eigenvalue weighted by atomic mass is 32.2. The molecular formula is C21H27N3O4S. The Morgan fingerprint density at radius 2 is 1.86 bits per heavy atom. The normalized spacial score (nSPS) is 13.4. The van der Waals surface area contributed by atoms with Gasteiger partial charge in [-0.25, -0.2) is 8.42 Å². The first kappa shape index (κ1) is 22.5. The first-order valence-corrected chi connectivity index (χ1v) is 11.0. The van der Waals surface area contributed by atoms with E-state index >= 15 is 0 Å². The number of rotatable bonds is 7. The molecule has 2 amide bonds. The molecule has 0 bridgehead atoms. The van der Waals surface area contributed by atoms with Crippen molar-refractivity contribution < 1.29 is 18.0 Å². The highest BCUT2D eigenvalue weighted by molar-refractivity contribution is 7.91. The van der Waals surface area contributed by atoms with Crippen molar-refractivity contribution in [3.63, 3.8) is 0 Å². The first-order valence-electron chi connectivity index (χ1n) is 9.46. The van der Waals surface area contributed by atoms with Gasteiger partial charge >= 0.3 is 11.8 Å². The Hall–Kier alpha value is -2.74. The minimum atomic E-state index is -3.84. The lowest BCUT2D eigenvalue weighted by atomic mass is 10.2. The van der Waals surface area contributed by atoms with Crippen LogP contribution in [0.5, 0.6) is 0 Å². The van der Waals surface area contributed by atoms with E-state index in [9.17, 15) is 18.0 Å². The lowest BCUT2D eigenvalue weighted by molar-refractivity contribution is -0.139. The van der Waals surface area contributed by atoms with E-state index in [1.807, 2.05) is 19.9 Å². The van der Waals surface area contributed by atoms with Crippen molar-refractivity contribution >= 4 is 21.7 Å². The molecule has 0 spiro atoms. The molecule has 0 unspecified atom stereocenters. The number of sulfone groups is 1. The van der Waals surface area contributed by atoms with Crippen LogP contribution in [0.2, 0.25) is 0 Å². The summed E-state index contributed by atoms with van der Waals surface area (Å²) < 4.78 is 26.9. The molecule has 29 heavy (non-hydrogen) atoms. The Morgan fingerprint density at radius 1 is 1.14 bits per heavy atom. The Balaban J connectivity index is 2.33. The lowest BCUT2D eigenvalue weighted by Gasteiger charge is -2.20. The third-order valence-corrected chi connectivity index (χ3v) is 6.97. The van der Waals surface area contributed by atoms with E-state index in [1.54, 1.807) is 44.3 Å². The summed E-state index contributed by atoms with van der Waals surface area (Å²) in [5, 5.41) is 3.96. The third kappa shape index (κ3) is 5.63. The fourth-order valence-corrected chi connectivity index (χ4v) is 4.77. The summed E-state index contributed by atoms with van der Waals surface area (Å²) in [7, 11) is -3.84. The molecule has 0 aliphatic rings. The number of carbonyl (C=O) groups excluding carboxylic acids is 2. The number of hydrogen-bond acceptors (Lipinski definition) is 5. The zero-order valence-corrected chi connectivity index (χ0v) is 17.9. The zero-order valence-electron chi connectivity index (χ0n) is 17.1. The predicted octanol–water partition coefficient (Wildman–Crippen LogP) is 2.24. The van der Waals surface area contributed by atoms with Crippen molar-refractivity contribution in [1.29, 1.82) is 0 Å². The quantitative estimate of drug-likeness (QED) is 0.672. The molecule has 1 aromatic carbocycles. The van der Waals surface area contributed by atoms with Crippen molar-refractivity contribution in [2.24, 2.45) is 0 Å². The average Bonchev–Trinajstić information content (AvgIpc) is 2.70. The Labute approximate surface area is 171 Å². The van der Waals surface area contributed by atoms with Crippen LogP contribution in [0, 0.1) is 13.8 Å². The summed E-state index contributed by atoms with van der Waals surface area (Å²) in [6.07, 6.45) is 3.68. The van der Waals surface area contributed by atoms with Crippen molar-refractivity contribution in [3.8, 4) is 0 Å². The van der Waals surface area contributed by atoms with Crippen LogP contribution in [0.3, 0.4) is 0 Å². The van der Waals surface area contributed by atoms with Crippen LogP contribution < -0.4 is 10.6 Å². The van der Waals surface area contributed by atoms with Gasteiger partial charge in [0.15, 0.2) is 9.84 Å². The maximum absolute atomic E-state index is 13.4. The standard InChI is InChI=1S/C21H27N3O4S/c1-5-16(4)24-21(26)20(25)23-13-19(17-7-6-10-22-12-17)29(27,28)18-11-14(2)8-9-15(18)3/h6-12,16,19H,5,13H2,1-4H3,(H,23,25)(H,24,26)/t16-,19-/m0/s1. The molecule has 0 fully saturated rings. The van der Waals surface area contributed by atoms with Crippen LogP contribution in [0.4, 0.5) is 0 Å². The number of benzene rings is 1. The molecule has 0 aliphatic heterocycles. The molecule has 0 radical (unpaired) electrons. The molecule has 2 rings (SSSR count). The molecule has 2 atom stereocenters. The summed E-state index contributed by atoms with van der Waals surface area (Å²) in [5.41, 5.74) is 1.87. The summed E-state index contributed by atoms with van der Waals surface area (Å²) in [6, 6.07) is 8.34. The highest BCUT2D eigenvalue weighted by Gasteiger charge is 2.32. The summed E-state index contributed by atoms with van der Waals surface area (Å²) in [5.74, 6) is -1.65. The Bertz CT molecular complexity index is 975. The van der Waals surface area contributed by atoms with E-state index in [4.69, 9.17) is 0 Å². The van der Waals surface area contributed by atoms with E-state index in [0.717, 1.165) is 5.56 Å². The van der Waals surface area contributed by atoms with Crippen molar-refractivity contribution in [3.05, 3.63) is 59.4 Å². The van der Waals surface area contributed by atoms with Gasteiger partial charge < -0.3 is 10.6 Å². The molecule has 2 aromatic rings. The SMILES string of the molecule is CC[C@H](C)NC(=O)C(=O)NC[C@@H](c1cccnc1)S(=O)(=O)c1cc(C)ccc1C. The number of hydrogen-bond donors (Lipinski definition) is 2. The van der Waals surface area contributed by atoms with Gasteiger partial charge in [-0.2, -0.15) is 0 Å². The number of nitrogens with zero attached hydrogens (tertiary/aromatic N) is 1. The molecule has 156 valence electrons. The van der Waals surface area contributed by atoms with Crippen molar-refractivity contribution in [2.75, 3.05) is 6.54 Å². The number of amides is 2. The number of aryl methyl sites for hydroxylation is 2. The van der Waals surface area contributed by atoms with Gasteiger partial charge in [0.1, 0.15) is 5.25 Å². The van der Waals surface area contributed by atoms with Crippen LogP contribution in [-0.2, 0) is 19.4 Å². The number of carbonyl (C=O) groups is 2. The Morgan fingerprint density at radius 3 is 2.48 bits per heavy atom. The van der Waals surface area contributed by atoms with Gasteiger partial charge in [-0.3, -0.25) is 14.6 Å². The topological polar surface area (TPSA) is 105 Å². The number of aromatic nitrogens is 1. The molecule has 8 heteroatoms. The second-order valence-electron chi connectivity index (χ2n) is 7.08. The maximum atomic E-state index is 13.4. The van der Waals surface area contributed by atoms with Crippen LogP contribution in [0.25, 0.3) is 0 Å². The average molecular weight is 418 g/mol. The second kappa shape index (κ2) is 9.65. The fourth-order valence-electron chi connectivity index (χ4n) is 2.80. The third-order valence-electron chi connectivity index (χ3n) is 4.73. The van der Waals surface area contributed by atoms with Crippen molar-refractivity contribution in [2.45, 2.75) is 50.3 Å². The van der Waals surface area contributed by atoms with Gasteiger partial charge in [0.2, 0.25) is 0 Å². The predicted molar refractivity (Wildman–Crippen MR) is 111 cm³/mol. The second-order valence-corrected chi connectivity index (χ2v) is 9.18. The molecular weight excluding hydrogens is 390 g/mol. The molecule has 0 saturated heterocycles. The zero-order chi connectivity index (χ0) is 21.6. The fraction of sp³-hybridized carbons (Fsp3) is 0.381. The van der Waals surface area contributed by atoms with Crippen LogP contribution in [0.15, 0.2) is 47.6 Å². The van der Waals surface area contributed by atoms with Crippen LogP contribution >= 0.6 is 0 Å². The number of pyridine rings is 1. The van der Waals surface area contributed by atoms with Gasteiger partial charge in [-0.15, -0.1) is 0 Å². The van der Waals surface area contributed by atoms with Gasteiger partial charge in [0, 0.05) is 25.0 Å². The first-order chi connectivity index (χ1) is 13.7. The Kier molecular flexibility index (Phi) is 7.50. The number of nitrogens with one attached hydrogen (secondary N) is 2. The molecule has 0 aliphatic carbocycles. The van der Waals surface area contributed by atoms with E-state index < -0.39 is 26.9 Å². The maximum Gasteiger partial charge on any atom is 0.309 e. The van der Waals surface area contributed by atoms with Crippen LogP contribution in [0.1, 0.15) is 42.2 Å². The van der Waals surface area contributed by atoms with E-state index in [2.05, 4.69) is 15.6 Å². The van der Waals surface area contributed by atoms with Crippen molar-refractivity contribution in [1.82, 2.24) is 15.6 Å². The molecule has 7 nitrogen and oxygen atoms in total. The summed E-state index contributed by atoms with van der Waals surface area (Å²) in [4.78, 5) is 28.4. The minimum absolute atomic E-state index is 0.152. The minimum Gasteiger partial charge on any atom is -0.346 e.